The Bertz CT molecular complexity index is 842. The molecule has 2 amide bonds. The molecule has 126 valence electrons. The van der Waals surface area contributed by atoms with Gasteiger partial charge in [-0.3, -0.25) is 0 Å². The maximum Gasteiger partial charge on any atom is 0.315 e. The number of thiazole rings is 1. The molecule has 24 heavy (non-hydrogen) atoms. The number of amides is 2. The van der Waals surface area contributed by atoms with Crippen LogP contribution in [0.5, 0.6) is 5.75 Å². The number of rotatable bonds is 5. The summed E-state index contributed by atoms with van der Waals surface area (Å²) < 4.78 is 11.2. The van der Waals surface area contributed by atoms with E-state index < -0.39 is 0 Å². The molecule has 0 fully saturated rings. The van der Waals surface area contributed by atoms with Crippen LogP contribution < -0.4 is 15.4 Å². The van der Waals surface area contributed by atoms with Gasteiger partial charge in [0.25, 0.3) is 0 Å². The van der Waals surface area contributed by atoms with Gasteiger partial charge in [0.15, 0.2) is 0 Å². The van der Waals surface area contributed by atoms with Gasteiger partial charge in [-0.15, -0.1) is 11.3 Å². The molecule has 0 aliphatic heterocycles. The maximum atomic E-state index is 12.0. The number of benzene rings is 1. The zero-order valence-electron chi connectivity index (χ0n) is 13.8. The van der Waals surface area contributed by atoms with Crippen molar-refractivity contribution in [2.24, 2.45) is 0 Å². The second kappa shape index (κ2) is 6.92. The van der Waals surface area contributed by atoms with E-state index in [-0.39, 0.29) is 12.1 Å². The molecule has 0 aliphatic rings. The molecular formula is C17H19N3O3S. The normalized spacial score (nSPS) is 12.1. The fraction of sp³-hybridized carbons (Fsp3) is 0.294. The van der Waals surface area contributed by atoms with E-state index in [9.17, 15) is 4.79 Å². The number of carbonyl (C=O) groups is 1. The lowest BCUT2D eigenvalue weighted by Gasteiger charge is -2.13. The van der Waals surface area contributed by atoms with Crippen molar-refractivity contribution in [3.05, 3.63) is 46.1 Å². The molecule has 0 aliphatic carbocycles. The predicted molar refractivity (Wildman–Crippen MR) is 93.4 cm³/mol. The summed E-state index contributed by atoms with van der Waals surface area (Å²) in [6.07, 6.45) is 1.72. The fourth-order valence-corrected chi connectivity index (χ4v) is 3.12. The van der Waals surface area contributed by atoms with Crippen molar-refractivity contribution in [3.63, 3.8) is 0 Å². The molecule has 2 heterocycles. The lowest BCUT2D eigenvalue weighted by molar-refractivity contribution is 0.236. The van der Waals surface area contributed by atoms with E-state index in [1.165, 1.54) is 11.3 Å². The van der Waals surface area contributed by atoms with Crippen LogP contribution >= 0.6 is 11.3 Å². The lowest BCUT2D eigenvalue weighted by Crippen LogP contribution is -2.36. The number of urea groups is 1. The van der Waals surface area contributed by atoms with Crippen LogP contribution in [0.15, 0.2) is 34.2 Å². The second-order valence-corrected chi connectivity index (χ2v) is 6.41. The summed E-state index contributed by atoms with van der Waals surface area (Å²) in [4.78, 5) is 16.2. The molecule has 0 bridgehead atoms. The number of ether oxygens (including phenoxy) is 1. The van der Waals surface area contributed by atoms with Crippen LogP contribution in [0.3, 0.4) is 0 Å². The molecule has 0 spiro atoms. The van der Waals surface area contributed by atoms with Gasteiger partial charge in [-0.05, 0) is 32.0 Å². The highest BCUT2D eigenvalue weighted by Crippen LogP contribution is 2.31. The smallest absolute Gasteiger partial charge is 0.315 e. The number of nitrogens with zero attached hydrogens (tertiary/aromatic N) is 1. The number of furan rings is 1. The Morgan fingerprint density at radius 1 is 1.46 bits per heavy atom. The number of nitrogens with one attached hydrogen (secondary N) is 2. The minimum Gasteiger partial charge on any atom is -0.497 e. The van der Waals surface area contributed by atoms with Crippen LogP contribution in [0.1, 0.15) is 29.3 Å². The summed E-state index contributed by atoms with van der Waals surface area (Å²) in [6.45, 7) is 4.28. The van der Waals surface area contributed by atoms with Gasteiger partial charge in [-0.25, -0.2) is 9.78 Å². The molecule has 0 saturated heterocycles. The van der Waals surface area contributed by atoms with Gasteiger partial charge in [0.2, 0.25) is 0 Å². The second-order valence-electron chi connectivity index (χ2n) is 5.43. The molecule has 6 nitrogen and oxygen atoms in total. The highest BCUT2D eigenvalue weighted by molar-refractivity contribution is 7.09. The molecule has 7 heteroatoms. The maximum absolute atomic E-state index is 12.0. The third kappa shape index (κ3) is 3.35. The quantitative estimate of drug-likeness (QED) is 0.738. The molecule has 1 atom stereocenters. The van der Waals surface area contributed by atoms with Crippen LogP contribution in [0.25, 0.3) is 11.0 Å². The monoisotopic (exact) mass is 345 g/mol. The Balaban J connectivity index is 1.70. The first-order chi connectivity index (χ1) is 11.6. The summed E-state index contributed by atoms with van der Waals surface area (Å²) in [5.74, 6) is 1.52. The molecule has 3 aromatic rings. The lowest BCUT2D eigenvalue weighted by atomic mass is 10.1. The zero-order valence-corrected chi connectivity index (χ0v) is 14.6. The van der Waals surface area contributed by atoms with Gasteiger partial charge < -0.3 is 19.8 Å². The highest BCUT2D eigenvalue weighted by Gasteiger charge is 2.18. The number of hydrogen-bond acceptors (Lipinski definition) is 5. The van der Waals surface area contributed by atoms with Crippen molar-refractivity contribution in [1.82, 2.24) is 15.6 Å². The largest absolute Gasteiger partial charge is 0.497 e. The number of fused-ring (bicyclic) bond motifs is 1. The van der Waals surface area contributed by atoms with Crippen molar-refractivity contribution in [1.29, 1.82) is 0 Å². The standard InChI is InChI=1S/C17H19N3O3S/c1-10-13-8-12(22-3)4-5-14(13)23-16(10)11(2)20-17(21)19-9-15-18-6-7-24-15/h4-8,11H,9H2,1-3H3,(H2,19,20,21)/t11-/m0/s1. The summed E-state index contributed by atoms with van der Waals surface area (Å²) in [6, 6.07) is 5.16. The van der Waals surface area contributed by atoms with Gasteiger partial charge in [-0.2, -0.15) is 0 Å². The summed E-state index contributed by atoms with van der Waals surface area (Å²) in [5.41, 5.74) is 1.77. The van der Waals surface area contributed by atoms with Crippen molar-refractivity contribution in [3.8, 4) is 5.75 Å². The van der Waals surface area contributed by atoms with Gasteiger partial charge in [0, 0.05) is 22.5 Å². The highest BCUT2D eigenvalue weighted by atomic mass is 32.1. The number of carbonyl (C=O) groups excluding carboxylic acids is 1. The van der Waals surface area contributed by atoms with Gasteiger partial charge in [-0.1, -0.05) is 0 Å². The molecule has 2 N–H and O–H groups in total. The van der Waals surface area contributed by atoms with Crippen molar-refractivity contribution >= 4 is 28.3 Å². The Labute approximate surface area is 143 Å². The first kappa shape index (κ1) is 16.3. The first-order valence-corrected chi connectivity index (χ1v) is 8.46. The van der Waals surface area contributed by atoms with E-state index in [0.29, 0.717) is 6.54 Å². The third-order valence-corrected chi connectivity index (χ3v) is 4.58. The molecule has 3 rings (SSSR count). The minimum absolute atomic E-state index is 0.250. The number of hydrogen-bond donors (Lipinski definition) is 2. The fourth-order valence-electron chi connectivity index (χ4n) is 2.57. The van der Waals surface area contributed by atoms with E-state index in [1.54, 1.807) is 13.3 Å². The van der Waals surface area contributed by atoms with E-state index >= 15 is 0 Å². The summed E-state index contributed by atoms with van der Waals surface area (Å²) in [5, 5.41) is 9.42. The molecule has 1 aromatic carbocycles. The van der Waals surface area contributed by atoms with E-state index in [0.717, 1.165) is 33.1 Å². The summed E-state index contributed by atoms with van der Waals surface area (Å²) in [7, 11) is 1.63. The Morgan fingerprint density at radius 3 is 3.00 bits per heavy atom. The van der Waals surface area contributed by atoms with Crippen LogP contribution in [-0.4, -0.2) is 18.1 Å². The first-order valence-electron chi connectivity index (χ1n) is 7.58. The molecular weight excluding hydrogens is 326 g/mol. The van der Waals surface area contributed by atoms with E-state index in [4.69, 9.17) is 9.15 Å². The average Bonchev–Trinajstić information content (AvgIpc) is 3.21. The van der Waals surface area contributed by atoms with Gasteiger partial charge >= 0.3 is 6.03 Å². The topological polar surface area (TPSA) is 76.4 Å². The van der Waals surface area contributed by atoms with Crippen LogP contribution in [-0.2, 0) is 6.54 Å². The molecule has 0 saturated carbocycles. The Morgan fingerprint density at radius 2 is 2.29 bits per heavy atom. The number of aryl methyl sites for hydroxylation is 1. The van der Waals surface area contributed by atoms with Crippen molar-refractivity contribution < 1.29 is 13.9 Å². The van der Waals surface area contributed by atoms with Gasteiger partial charge in [0.1, 0.15) is 22.1 Å². The molecule has 2 aromatic heterocycles. The SMILES string of the molecule is COc1ccc2oc([C@H](C)NC(=O)NCc3nccs3)c(C)c2c1. The van der Waals surface area contributed by atoms with Crippen LogP contribution in [0.4, 0.5) is 4.79 Å². The molecule has 0 unspecified atom stereocenters. The summed E-state index contributed by atoms with van der Waals surface area (Å²) >= 11 is 1.51. The minimum atomic E-state index is -0.255. The third-order valence-electron chi connectivity index (χ3n) is 3.80. The zero-order chi connectivity index (χ0) is 17.1. The number of methoxy groups -OCH3 is 1. The van der Waals surface area contributed by atoms with E-state index in [2.05, 4.69) is 15.6 Å². The molecule has 0 radical (unpaired) electrons. The predicted octanol–water partition coefficient (Wildman–Crippen LogP) is 3.77. The number of aromatic nitrogens is 1. The Kier molecular flexibility index (Phi) is 4.71. The van der Waals surface area contributed by atoms with E-state index in [1.807, 2.05) is 37.4 Å². The van der Waals surface area contributed by atoms with Gasteiger partial charge in [0.05, 0.1) is 19.7 Å². The van der Waals surface area contributed by atoms with Crippen LogP contribution in [0.2, 0.25) is 0 Å². The van der Waals surface area contributed by atoms with Crippen molar-refractivity contribution in [2.45, 2.75) is 26.4 Å². The average molecular weight is 345 g/mol. The van der Waals surface area contributed by atoms with Crippen molar-refractivity contribution in [2.75, 3.05) is 7.11 Å². The Hall–Kier alpha value is -2.54. The van der Waals surface area contributed by atoms with Crippen LogP contribution in [0, 0.1) is 6.92 Å².